The maximum atomic E-state index is 12.6. The molecule has 3 fully saturated rings. The minimum absolute atomic E-state index is 0.150. The third-order valence-electron chi connectivity index (χ3n) is 6.82. The van der Waals surface area contributed by atoms with Gasteiger partial charge in [-0.3, -0.25) is 14.7 Å². The highest BCUT2D eigenvalue weighted by molar-refractivity contribution is 5.82. The lowest BCUT2D eigenvalue weighted by molar-refractivity contribution is -0.142. The summed E-state index contributed by atoms with van der Waals surface area (Å²) in [5, 5.41) is 3.62. The number of carbonyl (C=O) groups excluding carboxylic acids is 1. The number of methoxy groups -OCH3 is 1. The van der Waals surface area contributed by atoms with Crippen molar-refractivity contribution in [1.82, 2.24) is 20.0 Å². The summed E-state index contributed by atoms with van der Waals surface area (Å²) in [7, 11) is 3.55. The first-order chi connectivity index (χ1) is 15.7. The van der Waals surface area contributed by atoms with E-state index in [1.165, 1.54) is 18.4 Å². The Hall–Kier alpha value is -2.32. The fourth-order valence-corrected chi connectivity index (χ4v) is 4.99. The average molecular weight is 444 g/mol. The van der Waals surface area contributed by atoms with Crippen LogP contribution in [0.2, 0.25) is 0 Å². The van der Waals surface area contributed by atoms with Crippen molar-refractivity contribution in [3.8, 4) is 5.75 Å². The van der Waals surface area contributed by atoms with Gasteiger partial charge in [-0.1, -0.05) is 12.1 Å². The van der Waals surface area contributed by atoms with Crippen LogP contribution < -0.4 is 10.1 Å². The van der Waals surface area contributed by atoms with Gasteiger partial charge in [0.05, 0.1) is 13.2 Å². The Morgan fingerprint density at radius 3 is 2.56 bits per heavy atom. The maximum absolute atomic E-state index is 12.6. The zero-order valence-electron chi connectivity index (χ0n) is 19.5. The van der Waals surface area contributed by atoms with E-state index in [9.17, 15) is 4.79 Å². The summed E-state index contributed by atoms with van der Waals surface area (Å²) in [6.45, 7) is 6.72. The predicted molar refractivity (Wildman–Crippen MR) is 125 cm³/mol. The Morgan fingerprint density at radius 2 is 1.91 bits per heavy atom. The SMILES string of the molecule is CN=C(NCC(c1cccc(OC)c1)N1CCCC1)N1CCN(C(=O)C2CCCO2)CC1. The van der Waals surface area contributed by atoms with Gasteiger partial charge < -0.3 is 24.6 Å². The lowest BCUT2D eigenvalue weighted by atomic mass is 10.1. The summed E-state index contributed by atoms with van der Waals surface area (Å²) >= 11 is 0. The minimum Gasteiger partial charge on any atom is -0.497 e. The van der Waals surface area contributed by atoms with Gasteiger partial charge in [0.15, 0.2) is 5.96 Å². The van der Waals surface area contributed by atoms with Crippen molar-refractivity contribution < 1.29 is 14.3 Å². The largest absolute Gasteiger partial charge is 0.497 e. The van der Waals surface area contributed by atoms with Gasteiger partial charge in [0, 0.05) is 46.4 Å². The van der Waals surface area contributed by atoms with Crippen molar-refractivity contribution in [2.45, 2.75) is 37.8 Å². The molecule has 0 aliphatic carbocycles. The second kappa shape index (κ2) is 11.0. The molecule has 0 saturated carbocycles. The standard InChI is InChI=1S/C24H37N5O3/c1-25-24(29-14-12-28(13-15-29)23(30)22-9-6-16-32-22)26-18-21(27-10-3-4-11-27)19-7-5-8-20(17-19)31-2/h5,7-8,17,21-22H,3-4,6,9-16,18H2,1-2H3,(H,25,26). The number of rotatable bonds is 6. The van der Waals surface area contributed by atoms with Crippen LogP contribution in [0, 0.1) is 0 Å². The first-order valence-corrected chi connectivity index (χ1v) is 11.9. The summed E-state index contributed by atoms with van der Waals surface area (Å²) in [5.41, 5.74) is 1.26. The quantitative estimate of drug-likeness (QED) is 0.534. The molecule has 3 heterocycles. The number of nitrogens with one attached hydrogen (secondary N) is 1. The van der Waals surface area contributed by atoms with E-state index in [-0.39, 0.29) is 18.1 Å². The number of nitrogens with zero attached hydrogens (tertiary/aromatic N) is 4. The summed E-state index contributed by atoms with van der Waals surface area (Å²) in [5.74, 6) is 1.95. The summed E-state index contributed by atoms with van der Waals surface area (Å²) in [6, 6.07) is 8.66. The summed E-state index contributed by atoms with van der Waals surface area (Å²) in [6.07, 6.45) is 4.09. The second-order valence-corrected chi connectivity index (χ2v) is 8.78. The molecule has 0 radical (unpaired) electrons. The molecule has 176 valence electrons. The van der Waals surface area contributed by atoms with Gasteiger partial charge in [0.1, 0.15) is 11.9 Å². The molecule has 32 heavy (non-hydrogen) atoms. The highest BCUT2D eigenvalue weighted by Crippen LogP contribution is 2.27. The third kappa shape index (κ3) is 5.35. The first-order valence-electron chi connectivity index (χ1n) is 11.9. The van der Waals surface area contributed by atoms with Gasteiger partial charge in [-0.15, -0.1) is 0 Å². The van der Waals surface area contributed by atoms with Crippen LogP contribution in [0.15, 0.2) is 29.3 Å². The number of likely N-dealkylation sites (tertiary alicyclic amines) is 1. The third-order valence-corrected chi connectivity index (χ3v) is 6.82. The van der Waals surface area contributed by atoms with Gasteiger partial charge in [0.2, 0.25) is 0 Å². The van der Waals surface area contributed by atoms with Crippen molar-refractivity contribution in [3.05, 3.63) is 29.8 Å². The second-order valence-electron chi connectivity index (χ2n) is 8.78. The molecule has 1 N–H and O–H groups in total. The van der Waals surface area contributed by atoms with Crippen LogP contribution in [0.4, 0.5) is 0 Å². The summed E-state index contributed by atoms with van der Waals surface area (Å²) < 4.78 is 11.0. The molecule has 0 bridgehead atoms. The monoisotopic (exact) mass is 443 g/mol. The van der Waals surface area contributed by atoms with E-state index in [0.29, 0.717) is 19.7 Å². The smallest absolute Gasteiger partial charge is 0.251 e. The Labute approximate surface area is 191 Å². The van der Waals surface area contributed by atoms with Crippen molar-refractivity contribution in [2.24, 2.45) is 4.99 Å². The Morgan fingerprint density at radius 1 is 1.16 bits per heavy atom. The van der Waals surface area contributed by atoms with Gasteiger partial charge in [-0.2, -0.15) is 0 Å². The molecule has 8 nitrogen and oxygen atoms in total. The molecule has 3 saturated heterocycles. The van der Waals surface area contributed by atoms with Gasteiger partial charge in [-0.25, -0.2) is 0 Å². The molecule has 4 rings (SSSR count). The maximum Gasteiger partial charge on any atom is 0.251 e. The van der Waals surface area contributed by atoms with E-state index >= 15 is 0 Å². The van der Waals surface area contributed by atoms with Gasteiger partial charge >= 0.3 is 0 Å². The molecule has 1 amide bonds. The topological polar surface area (TPSA) is 69.6 Å². The number of piperazine rings is 1. The molecular formula is C24H37N5O3. The summed E-state index contributed by atoms with van der Waals surface area (Å²) in [4.78, 5) is 23.9. The van der Waals surface area contributed by atoms with Crippen molar-refractivity contribution in [2.75, 3.05) is 66.6 Å². The number of carbonyl (C=O) groups is 1. The number of guanidine groups is 1. The van der Waals surface area contributed by atoms with E-state index in [1.807, 2.05) is 18.0 Å². The number of hydrogen-bond acceptors (Lipinski definition) is 5. The number of aliphatic imine (C=N–C) groups is 1. The molecule has 3 aliphatic heterocycles. The van der Waals surface area contributed by atoms with Gasteiger partial charge in [-0.05, 0) is 56.5 Å². The molecular weight excluding hydrogens is 406 g/mol. The van der Waals surface area contributed by atoms with Crippen LogP contribution in [-0.2, 0) is 9.53 Å². The fourth-order valence-electron chi connectivity index (χ4n) is 4.99. The van der Waals surface area contributed by atoms with E-state index in [0.717, 1.165) is 57.3 Å². The zero-order chi connectivity index (χ0) is 22.3. The zero-order valence-corrected chi connectivity index (χ0v) is 19.5. The predicted octanol–water partition coefficient (Wildman–Crippen LogP) is 1.73. The van der Waals surface area contributed by atoms with Crippen LogP contribution in [0.5, 0.6) is 5.75 Å². The molecule has 0 aromatic heterocycles. The van der Waals surface area contributed by atoms with Crippen molar-refractivity contribution in [3.63, 3.8) is 0 Å². The van der Waals surface area contributed by atoms with E-state index in [1.54, 1.807) is 7.11 Å². The molecule has 2 unspecified atom stereocenters. The average Bonchev–Trinajstić information content (AvgIpc) is 3.57. The number of ether oxygens (including phenoxy) is 2. The van der Waals surface area contributed by atoms with Crippen molar-refractivity contribution in [1.29, 1.82) is 0 Å². The van der Waals surface area contributed by atoms with E-state index in [2.05, 4.69) is 38.3 Å². The number of benzene rings is 1. The van der Waals surface area contributed by atoms with Crippen LogP contribution in [0.25, 0.3) is 0 Å². The highest BCUT2D eigenvalue weighted by atomic mass is 16.5. The van der Waals surface area contributed by atoms with Crippen LogP contribution in [-0.4, -0.2) is 99.2 Å². The van der Waals surface area contributed by atoms with E-state index in [4.69, 9.17) is 9.47 Å². The molecule has 1 aromatic carbocycles. The molecule has 1 aromatic rings. The van der Waals surface area contributed by atoms with E-state index < -0.39 is 0 Å². The molecule has 3 aliphatic rings. The lowest BCUT2D eigenvalue weighted by Gasteiger charge is -2.38. The number of amides is 1. The number of hydrogen-bond donors (Lipinski definition) is 1. The molecule has 8 heteroatoms. The van der Waals surface area contributed by atoms with Gasteiger partial charge in [0.25, 0.3) is 5.91 Å². The lowest BCUT2D eigenvalue weighted by Crippen LogP contribution is -2.55. The molecule has 0 spiro atoms. The Bertz CT molecular complexity index is 782. The van der Waals surface area contributed by atoms with Crippen LogP contribution >= 0.6 is 0 Å². The van der Waals surface area contributed by atoms with Crippen LogP contribution in [0.1, 0.15) is 37.3 Å². The molecule has 2 atom stereocenters. The first kappa shape index (κ1) is 22.9. The fraction of sp³-hybridized carbons (Fsp3) is 0.667. The van der Waals surface area contributed by atoms with Crippen LogP contribution in [0.3, 0.4) is 0 Å². The Kier molecular flexibility index (Phi) is 7.86. The minimum atomic E-state index is -0.233. The Balaban J connectivity index is 1.35. The highest BCUT2D eigenvalue weighted by Gasteiger charge is 2.31. The normalized spacial score (nSPS) is 23.4. The van der Waals surface area contributed by atoms with Crippen molar-refractivity contribution >= 4 is 11.9 Å².